The summed E-state index contributed by atoms with van der Waals surface area (Å²) in [7, 11) is 0. The summed E-state index contributed by atoms with van der Waals surface area (Å²) in [6, 6.07) is 0. The number of carbonyl (C=O) groups is 1. The fraction of sp³-hybridized carbons (Fsp3) is 0.500. The van der Waals surface area contributed by atoms with Crippen molar-refractivity contribution < 1.29 is 14.6 Å². The van der Waals surface area contributed by atoms with E-state index < -0.39 is 0 Å². The second-order valence-electron chi connectivity index (χ2n) is 2.53. The van der Waals surface area contributed by atoms with E-state index in [0.717, 1.165) is 0 Å². The summed E-state index contributed by atoms with van der Waals surface area (Å²) in [6.07, 6.45) is 3.09. The van der Waals surface area contributed by atoms with E-state index in [4.69, 9.17) is 9.84 Å². The Hall–Kier alpha value is -1.40. The molecule has 0 spiro atoms. The van der Waals surface area contributed by atoms with E-state index in [-0.39, 0.29) is 24.9 Å². The van der Waals surface area contributed by atoms with Gasteiger partial charge in [0.05, 0.1) is 19.8 Å². The number of amides is 1. The number of nitrogens with zero attached hydrogens (tertiary/aromatic N) is 1. The first-order valence-electron chi connectivity index (χ1n) is 4.31. The van der Waals surface area contributed by atoms with Crippen LogP contribution < -0.4 is 5.32 Å². The molecule has 78 valence electrons. The van der Waals surface area contributed by atoms with Gasteiger partial charge in [0.2, 0.25) is 0 Å². The highest BCUT2D eigenvalue weighted by molar-refractivity contribution is 5.90. The standard InChI is InChI=1S/C8H13N3O3/c12-4-6-14-5-3-11-8(13)7-9-1-2-10-7/h1-2,12H,3-6H2,(H,9,10)(H,11,13). The molecule has 0 aliphatic heterocycles. The zero-order chi connectivity index (χ0) is 10.2. The van der Waals surface area contributed by atoms with Crippen molar-refractivity contribution in [2.75, 3.05) is 26.4 Å². The molecule has 0 atom stereocenters. The zero-order valence-corrected chi connectivity index (χ0v) is 7.69. The van der Waals surface area contributed by atoms with Gasteiger partial charge in [-0.1, -0.05) is 0 Å². The third kappa shape index (κ3) is 3.55. The van der Waals surface area contributed by atoms with Gasteiger partial charge in [0, 0.05) is 18.9 Å². The maximum atomic E-state index is 11.2. The van der Waals surface area contributed by atoms with Gasteiger partial charge in [-0.15, -0.1) is 0 Å². The number of H-pyrrole nitrogens is 1. The summed E-state index contributed by atoms with van der Waals surface area (Å²) in [5, 5.41) is 11.0. The molecule has 1 rings (SSSR count). The van der Waals surface area contributed by atoms with Crippen LogP contribution in [-0.2, 0) is 4.74 Å². The van der Waals surface area contributed by atoms with Crippen LogP contribution in [0.5, 0.6) is 0 Å². The monoisotopic (exact) mass is 199 g/mol. The van der Waals surface area contributed by atoms with Gasteiger partial charge in [-0.3, -0.25) is 4.79 Å². The number of aliphatic hydroxyl groups excluding tert-OH is 1. The van der Waals surface area contributed by atoms with E-state index in [1.54, 1.807) is 6.20 Å². The molecule has 0 aliphatic carbocycles. The maximum Gasteiger partial charge on any atom is 0.287 e. The summed E-state index contributed by atoms with van der Waals surface area (Å²) in [4.78, 5) is 17.7. The fourth-order valence-corrected chi connectivity index (χ4v) is 0.877. The van der Waals surface area contributed by atoms with Crippen molar-refractivity contribution in [1.82, 2.24) is 15.3 Å². The van der Waals surface area contributed by atoms with Crippen LogP contribution in [0.1, 0.15) is 10.6 Å². The number of aliphatic hydroxyl groups is 1. The summed E-state index contributed by atoms with van der Waals surface area (Å²) in [5.74, 6) is 0.0229. The number of nitrogens with one attached hydrogen (secondary N) is 2. The lowest BCUT2D eigenvalue weighted by Crippen LogP contribution is -2.28. The molecule has 1 aromatic heterocycles. The van der Waals surface area contributed by atoms with Crippen LogP contribution in [0, 0.1) is 0 Å². The zero-order valence-electron chi connectivity index (χ0n) is 7.69. The van der Waals surface area contributed by atoms with Gasteiger partial charge >= 0.3 is 0 Å². The van der Waals surface area contributed by atoms with Crippen molar-refractivity contribution in [3.05, 3.63) is 18.2 Å². The first-order valence-corrected chi connectivity index (χ1v) is 4.31. The second kappa shape index (κ2) is 6.11. The Kier molecular flexibility index (Phi) is 4.66. The molecule has 3 N–H and O–H groups in total. The number of rotatable bonds is 6. The molecule has 6 heteroatoms. The van der Waals surface area contributed by atoms with Crippen molar-refractivity contribution in [3.8, 4) is 0 Å². The highest BCUT2D eigenvalue weighted by Gasteiger charge is 2.05. The van der Waals surface area contributed by atoms with Crippen LogP contribution >= 0.6 is 0 Å². The van der Waals surface area contributed by atoms with Crippen LogP contribution in [0.4, 0.5) is 0 Å². The number of ether oxygens (including phenoxy) is 1. The van der Waals surface area contributed by atoms with Gasteiger partial charge in [-0.2, -0.15) is 0 Å². The Bertz CT molecular complexity index is 261. The number of imidazole rings is 1. The minimum Gasteiger partial charge on any atom is -0.394 e. The number of hydrogen-bond donors (Lipinski definition) is 3. The summed E-state index contributed by atoms with van der Waals surface area (Å²) >= 11 is 0. The van der Waals surface area contributed by atoms with Crippen molar-refractivity contribution in [2.24, 2.45) is 0 Å². The van der Waals surface area contributed by atoms with Gasteiger partial charge in [0.1, 0.15) is 0 Å². The smallest absolute Gasteiger partial charge is 0.287 e. The minimum atomic E-state index is -0.261. The highest BCUT2D eigenvalue weighted by Crippen LogP contribution is 1.86. The average molecular weight is 199 g/mol. The Balaban J connectivity index is 2.10. The Morgan fingerprint density at radius 2 is 2.50 bits per heavy atom. The third-order valence-electron chi connectivity index (χ3n) is 1.48. The molecule has 0 saturated carbocycles. The van der Waals surface area contributed by atoms with E-state index in [9.17, 15) is 4.79 Å². The fourth-order valence-electron chi connectivity index (χ4n) is 0.877. The number of aromatic amines is 1. The Morgan fingerprint density at radius 1 is 1.64 bits per heavy atom. The molecule has 0 radical (unpaired) electrons. The molecule has 1 aromatic rings. The van der Waals surface area contributed by atoms with Crippen LogP contribution in [-0.4, -0.2) is 47.3 Å². The van der Waals surface area contributed by atoms with Gasteiger partial charge in [-0.05, 0) is 0 Å². The van der Waals surface area contributed by atoms with Crippen LogP contribution in [0.15, 0.2) is 12.4 Å². The summed E-state index contributed by atoms with van der Waals surface area (Å²) in [6.45, 7) is 1.06. The number of carbonyl (C=O) groups excluding carboxylic acids is 1. The molecule has 6 nitrogen and oxygen atoms in total. The third-order valence-corrected chi connectivity index (χ3v) is 1.48. The topological polar surface area (TPSA) is 87.2 Å². The van der Waals surface area contributed by atoms with Crippen molar-refractivity contribution in [2.45, 2.75) is 0 Å². The number of hydrogen-bond acceptors (Lipinski definition) is 4. The normalized spacial score (nSPS) is 10.1. The maximum absolute atomic E-state index is 11.2. The quantitative estimate of drug-likeness (QED) is 0.521. The lowest BCUT2D eigenvalue weighted by molar-refractivity contribution is 0.0832. The molecule has 0 unspecified atom stereocenters. The van der Waals surface area contributed by atoms with E-state index in [1.807, 2.05) is 0 Å². The molecule has 0 bridgehead atoms. The Morgan fingerprint density at radius 3 is 3.14 bits per heavy atom. The molecule has 0 aliphatic rings. The van der Waals surface area contributed by atoms with Crippen molar-refractivity contribution >= 4 is 5.91 Å². The second-order valence-corrected chi connectivity index (χ2v) is 2.53. The molecule has 1 amide bonds. The lowest BCUT2D eigenvalue weighted by Gasteiger charge is -2.03. The van der Waals surface area contributed by atoms with E-state index in [1.165, 1.54) is 6.20 Å². The van der Waals surface area contributed by atoms with E-state index >= 15 is 0 Å². The van der Waals surface area contributed by atoms with E-state index in [0.29, 0.717) is 13.2 Å². The first-order chi connectivity index (χ1) is 6.84. The lowest BCUT2D eigenvalue weighted by atomic mass is 10.5. The van der Waals surface area contributed by atoms with Crippen molar-refractivity contribution in [3.63, 3.8) is 0 Å². The van der Waals surface area contributed by atoms with Gasteiger partial charge in [-0.25, -0.2) is 4.98 Å². The molecule has 0 fully saturated rings. The molecule has 1 heterocycles. The largest absolute Gasteiger partial charge is 0.394 e. The minimum absolute atomic E-state index is 0.00781. The Labute approximate surface area is 81.3 Å². The molecule has 0 aromatic carbocycles. The van der Waals surface area contributed by atoms with Crippen LogP contribution in [0.2, 0.25) is 0 Å². The van der Waals surface area contributed by atoms with Crippen LogP contribution in [0.3, 0.4) is 0 Å². The number of aromatic nitrogens is 2. The predicted octanol–water partition coefficient (Wildman–Crippen LogP) is -0.852. The predicted molar refractivity (Wildman–Crippen MR) is 48.8 cm³/mol. The highest BCUT2D eigenvalue weighted by atomic mass is 16.5. The van der Waals surface area contributed by atoms with Crippen LogP contribution in [0.25, 0.3) is 0 Å². The van der Waals surface area contributed by atoms with Gasteiger partial charge in [0.25, 0.3) is 5.91 Å². The summed E-state index contributed by atoms with van der Waals surface area (Å²) in [5.41, 5.74) is 0. The van der Waals surface area contributed by atoms with Gasteiger partial charge < -0.3 is 20.1 Å². The molecular weight excluding hydrogens is 186 g/mol. The molecule has 14 heavy (non-hydrogen) atoms. The molecule has 0 saturated heterocycles. The SMILES string of the molecule is O=C(NCCOCCO)c1ncc[nH]1. The van der Waals surface area contributed by atoms with E-state index in [2.05, 4.69) is 15.3 Å². The first kappa shape index (κ1) is 10.7. The summed E-state index contributed by atoms with van der Waals surface area (Å²) < 4.78 is 4.96. The molecular formula is C8H13N3O3. The van der Waals surface area contributed by atoms with Gasteiger partial charge in [0.15, 0.2) is 5.82 Å². The van der Waals surface area contributed by atoms with Crippen molar-refractivity contribution in [1.29, 1.82) is 0 Å². The average Bonchev–Trinajstić information content (AvgIpc) is 2.70.